The Kier molecular flexibility index (Phi) is 6.41. The van der Waals surface area contributed by atoms with Crippen LogP contribution in [0.15, 0.2) is 73.1 Å². The zero-order valence-corrected chi connectivity index (χ0v) is 20.6. The Morgan fingerprint density at radius 2 is 1.81 bits per heavy atom. The van der Waals surface area contributed by atoms with Crippen LogP contribution < -0.4 is 10.5 Å². The maximum Gasteiger partial charge on any atom is 0.249 e. The predicted molar refractivity (Wildman–Crippen MR) is 141 cm³/mol. The van der Waals surface area contributed by atoms with Gasteiger partial charge in [-0.1, -0.05) is 38.6 Å². The number of piperidine rings is 1. The van der Waals surface area contributed by atoms with Crippen molar-refractivity contribution in [1.29, 1.82) is 0 Å². The van der Waals surface area contributed by atoms with Crippen molar-refractivity contribution in [2.24, 2.45) is 5.92 Å². The molecular formula is C28H30N6O2. The van der Waals surface area contributed by atoms with E-state index in [1.54, 1.807) is 0 Å². The quantitative estimate of drug-likeness (QED) is 0.377. The van der Waals surface area contributed by atoms with Crippen molar-refractivity contribution in [1.82, 2.24) is 24.6 Å². The van der Waals surface area contributed by atoms with Gasteiger partial charge in [0, 0.05) is 24.2 Å². The molecule has 2 aromatic carbocycles. The number of ether oxygens (including phenoxy) is 1. The van der Waals surface area contributed by atoms with E-state index in [1.165, 1.54) is 6.33 Å². The number of rotatable bonds is 6. The predicted octanol–water partition coefficient (Wildman–Crippen LogP) is 5.24. The molecule has 1 unspecified atom stereocenters. The van der Waals surface area contributed by atoms with Crippen LogP contribution in [0.3, 0.4) is 0 Å². The second-order valence-corrected chi connectivity index (χ2v) is 9.42. The van der Waals surface area contributed by atoms with E-state index < -0.39 is 0 Å². The Balaban J connectivity index is 1.47. The number of benzene rings is 2. The summed E-state index contributed by atoms with van der Waals surface area (Å²) in [7, 11) is 0. The monoisotopic (exact) mass is 482 g/mol. The summed E-state index contributed by atoms with van der Waals surface area (Å²) >= 11 is 0. The van der Waals surface area contributed by atoms with Gasteiger partial charge >= 0.3 is 0 Å². The van der Waals surface area contributed by atoms with E-state index in [-0.39, 0.29) is 17.9 Å². The zero-order valence-electron chi connectivity index (χ0n) is 20.6. The van der Waals surface area contributed by atoms with Crippen LogP contribution in [-0.2, 0) is 4.79 Å². The van der Waals surface area contributed by atoms with E-state index in [2.05, 4.69) is 16.5 Å². The number of likely N-dealkylation sites (tertiary alicyclic amines) is 1. The average Bonchev–Trinajstić information content (AvgIpc) is 3.30. The van der Waals surface area contributed by atoms with Crippen LogP contribution >= 0.6 is 0 Å². The van der Waals surface area contributed by atoms with Crippen LogP contribution in [0.25, 0.3) is 22.3 Å². The van der Waals surface area contributed by atoms with Gasteiger partial charge in [0.05, 0.1) is 11.4 Å². The molecule has 0 radical (unpaired) electrons. The third kappa shape index (κ3) is 4.54. The van der Waals surface area contributed by atoms with Gasteiger partial charge in [0.25, 0.3) is 0 Å². The van der Waals surface area contributed by atoms with Crippen molar-refractivity contribution in [2.45, 2.75) is 32.7 Å². The smallest absolute Gasteiger partial charge is 0.249 e. The van der Waals surface area contributed by atoms with Crippen LogP contribution in [0.4, 0.5) is 5.82 Å². The molecule has 1 aliphatic heterocycles. The van der Waals surface area contributed by atoms with Crippen molar-refractivity contribution in [2.75, 3.05) is 18.8 Å². The number of carbonyl (C=O) groups is 1. The summed E-state index contributed by atoms with van der Waals surface area (Å²) in [6.07, 6.45) is 3.23. The number of para-hydroxylation sites is 1. The summed E-state index contributed by atoms with van der Waals surface area (Å²) in [6.45, 7) is 9.25. The number of aromatic nitrogens is 4. The van der Waals surface area contributed by atoms with Gasteiger partial charge in [0.2, 0.25) is 5.91 Å². The molecule has 8 nitrogen and oxygen atoms in total. The number of anilines is 1. The number of hydrogen-bond donors (Lipinski definition) is 1. The Hall–Kier alpha value is -4.20. The van der Waals surface area contributed by atoms with Crippen LogP contribution in [0.5, 0.6) is 11.5 Å². The topological polar surface area (TPSA) is 99.2 Å². The molecule has 0 saturated carbocycles. The van der Waals surface area contributed by atoms with E-state index in [1.807, 2.05) is 78.0 Å². The van der Waals surface area contributed by atoms with Gasteiger partial charge in [-0.05, 0) is 55.2 Å². The number of nitrogens with two attached hydrogens (primary N) is 1. The third-order valence-electron chi connectivity index (χ3n) is 6.63. The molecule has 4 aromatic rings. The molecule has 1 atom stereocenters. The first-order valence-electron chi connectivity index (χ1n) is 12.2. The number of carbonyl (C=O) groups excluding carboxylic acids is 1. The van der Waals surface area contributed by atoms with E-state index in [9.17, 15) is 4.79 Å². The lowest BCUT2D eigenvalue weighted by Crippen LogP contribution is -2.42. The summed E-state index contributed by atoms with van der Waals surface area (Å²) in [5.74, 6) is 1.99. The standard InChI is InChI=1S/C28H30N6O2/c1-18(2)19(3)28(35)33-15-7-8-21(16-33)34-27-24(26(29)30-17-31-27)25(32-34)20-11-13-23(14-12-20)36-22-9-5-4-6-10-22/h4-6,9-14,17-18,21H,3,7-8,15-16H2,1-2H3,(H2,29,30,31). The van der Waals surface area contributed by atoms with E-state index >= 15 is 0 Å². The SMILES string of the molecule is C=C(C(=O)N1CCCC(n2nc(-c3ccc(Oc4ccccc4)cc3)c3c(N)ncnc32)C1)C(C)C. The van der Waals surface area contributed by atoms with Crippen molar-refractivity contribution < 1.29 is 9.53 Å². The fraction of sp³-hybridized carbons (Fsp3) is 0.286. The van der Waals surface area contributed by atoms with Crippen molar-refractivity contribution in [3.8, 4) is 22.8 Å². The van der Waals surface area contributed by atoms with Gasteiger partial charge in [-0.15, -0.1) is 0 Å². The molecule has 1 amide bonds. The van der Waals surface area contributed by atoms with Gasteiger partial charge in [-0.2, -0.15) is 5.10 Å². The summed E-state index contributed by atoms with van der Waals surface area (Å²) in [6, 6.07) is 17.4. The minimum atomic E-state index is -0.0195. The molecule has 3 heterocycles. The Labute approximate surface area is 210 Å². The molecule has 8 heteroatoms. The minimum Gasteiger partial charge on any atom is -0.457 e. The van der Waals surface area contributed by atoms with E-state index in [4.69, 9.17) is 15.6 Å². The summed E-state index contributed by atoms with van der Waals surface area (Å²) in [5.41, 5.74) is 9.21. The maximum atomic E-state index is 13.0. The Morgan fingerprint density at radius 1 is 1.08 bits per heavy atom. The second kappa shape index (κ2) is 9.81. The number of nitrogen functional groups attached to an aromatic ring is 1. The zero-order chi connectivity index (χ0) is 25.2. The van der Waals surface area contributed by atoms with Gasteiger partial charge in [-0.25, -0.2) is 14.6 Å². The highest BCUT2D eigenvalue weighted by Crippen LogP contribution is 2.35. The average molecular weight is 483 g/mol. The van der Waals surface area contributed by atoms with Gasteiger partial charge in [0.1, 0.15) is 29.3 Å². The highest BCUT2D eigenvalue weighted by atomic mass is 16.5. The first-order valence-corrected chi connectivity index (χ1v) is 12.2. The van der Waals surface area contributed by atoms with Crippen LogP contribution in [0, 0.1) is 5.92 Å². The number of hydrogen-bond acceptors (Lipinski definition) is 6. The summed E-state index contributed by atoms with van der Waals surface area (Å²) in [5, 5.41) is 5.68. The Bertz CT molecular complexity index is 1400. The lowest BCUT2D eigenvalue weighted by Gasteiger charge is -2.34. The highest BCUT2D eigenvalue weighted by Gasteiger charge is 2.30. The summed E-state index contributed by atoms with van der Waals surface area (Å²) < 4.78 is 7.84. The molecule has 184 valence electrons. The second-order valence-electron chi connectivity index (χ2n) is 9.42. The van der Waals surface area contributed by atoms with Crippen molar-refractivity contribution in [3.05, 3.63) is 73.1 Å². The van der Waals surface area contributed by atoms with Crippen molar-refractivity contribution >= 4 is 22.8 Å². The molecule has 0 aliphatic carbocycles. The Morgan fingerprint density at radius 3 is 2.53 bits per heavy atom. The molecule has 5 rings (SSSR count). The molecule has 1 saturated heterocycles. The fourth-order valence-corrected chi connectivity index (χ4v) is 4.55. The first kappa shape index (κ1) is 23.5. The first-order chi connectivity index (χ1) is 17.4. The largest absolute Gasteiger partial charge is 0.457 e. The number of amides is 1. The molecule has 2 aromatic heterocycles. The normalized spacial score (nSPS) is 15.9. The van der Waals surface area contributed by atoms with Crippen LogP contribution in [-0.4, -0.2) is 43.6 Å². The lowest BCUT2D eigenvalue weighted by atomic mass is 10.0. The molecule has 1 aliphatic rings. The molecule has 0 spiro atoms. The third-order valence-corrected chi connectivity index (χ3v) is 6.63. The van der Waals surface area contributed by atoms with Gasteiger partial charge in [-0.3, -0.25) is 4.79 Å². The molecule has 2 N–H and O–H groups in total. The van der Waals surface area contributed by atoms with Crippen molar-refractivity contribution in [3.63, 3.8) is 0 Å². The molecule has 0 bridgehead atoms. The summed E-state index contributed by atoms with van der Waals surface area (Å²) in [4.78, 5) is 23.6. The van der Waals surface area contributed by atoms with Gasteiger partial charge < -0.3 is 15.4 Å². The molecule has 36 heavy (non-hydrogen) atoms. The number of nitrogens with zero attached hydrogens (tertiary/aromatic N) is 5. The number of fused-ring (bicyclic) bond motifs is 1. The lowest BCUT2D eigenvalue weighted by molar-refractivity contribution is -0.129. The van der Waals surface area contributed by atoms with Gasteiger partial charge in [0.15, 0.2) is 5.65 Å². The van der Waals surface area contributed by atoms with Crippen LogP contribution in [0.2, 0.25) is 0 Å². The fourth-order valence-electron chi connectivity index (χ4n) is 4.55. The van der Waals surface area contributed by atoms with E-state index in [0.29, 0.717) is 41.2 Å². The molecule has 1 fully saturated rings. The van der Waals surface area contributed by atoms with E-state index in [0.717, 1.165) is 29.9 Å². The highest BCUT2D eigenvalue weighted by molar-refractivity contribution is 5.98. The minimum absolute atomic E-state index is 0.00882. The molecular weight excluding hydrogens is 452 g/mol. The van der Waals surface area contributed by atoms with Crippen LogP contribution in [0.1, 0.15) is 32.7 Å². The maximum absolute atomic E-state index is 13.0.